The number of rotatable bonds is 7. The minimum atomic E-state index is -3.30. The van der Waals surface area contributed by atoms with Crippen molar-refractivity contribution in [1.82, 2.24) is 15.3 Å². The number of aliphatic hydroxyl groups is 1. The quantitative estimate of drug-likeness (QED) is 0.725. The van der Waals surface area contributed by atoms with Gasteiger partial charge >= 0.3 is 0 Å². The van der Waals surface area contributed by atoms with E-state index in [2.05, 4.69) is 15.3 Å². The van der Waals surface area contributed by atoms with Crippen molar-refractivity contribution in [2.24, 2.45) is 0 Å². The molecular formula is C19H23N3O5S. The van der Waals surface area contributed by atoms with Crippen molar-refractivity contribution < 1.29 is 23.1 Å². The molecule has 0 saturated heterocycles. The SMILES string of the molecule is CC(C=CS(C)(=O)=O)NC(=O)c1cnc(C(C)(C)O)nc1Oc1ccccc1. The number of nitrogens with zero attached hydrogens (tertiary/aromatic N) is 2. The second-order valence-electron chi connectivity index (χ2n) is 6.81. The van der Waals surface area contributed by atoms with Crippen LogP contribution in [0.3, 0.4) is 0 Å². The maximum Gasteiger partial charge on any atom is 0.258 e. The van der Waals surface area contributed by atoms with Gasteiger partial charge in [-0.3, -0.25) is 4.79 Å². The lowest BCUT2D eigenvalue weighted by atomic mass is 10.1. The molecular weight excluding hydrogens is 382 g/mol. The lowest BCUT2D eigenvalue weighted by Crippen LogP contribution is -2.32. The molecule has 1 aromatic carbocycles. The fourth-order valence-corrected chi connectivity index (χ4v) is 2.61. The molecule has 1 aromatic heterocycles. The Morgan fingerprint density at radius 2 is 1.93 bits per heavy atom. The average Bonchev–Trinajstić information content (AvgIpc) is 2.59. The fourth-order valence-electron chi connectivity index (χ4n) is 2.09. The van der Waals surface area contributed by atoms with Crippen molar-refractivity contribution >= 4 is 15.7 Å². The molecule has 0 bridgehead atoms. The van der Waals surface area contributed by atoms with Crippen molar-refractivity contribution in [2.75, 3.05) is 6.26 Å². The topological polar surface area (TPSA) is 118 Å². The Labute approximate surface area is 164 Å². The molecule has 150 valence electrons. The second kappa shape index (κ2) is 8.49. The standard InChI is InChI=1S/C19H23N3O5S/c1-13(10-11-28(4,25)26)21-16(23)15-12-20-18(19(2,3)24)22-17(15)27-14-8-6-5-7-9-14/h5-13,24H,1-4H3,(H,21,23). The molecule has 2 N–H and O–H groups in total. The monoisotopic (exact) mass is 405 g/mol. The van der Waals surface area contributed by atoms with Gasteiger partial charge in [-0.25, -0.2) is 13.4 Å². The lowest BCUT2D eigenvalue weighted by Gasteiger charge is -2.18. The molecule has 1 amide bonds. The molecule has 0 spiro atoms. The van der Waals surface area contributed by atoms with Crippen molar-refractivity contribution in [2.45, 2.75) is 32.4 Å². The van der Waals surface area contributed by atoms with Gasteiger partial charge in [-0.15, -0.1) is 0 Å². The Morgan fingerprint density at radius 1 is 1.29 bits per heavy atom. The number of hydrogen-bond donors (Lipinski definition) is 2. The molecule has 2 rings (SSSR count). The average molecular weight is 405 g/mol. The maximum atomic E-state index is 12.6. The van der Waals surface area contributed by atoms with Crippen LogP contribution in [0.1, 0.15) is 37.0 Å². The summed E-state index contributed by atoms with van der Waals surface area (Å²) in [7, 11) is -3.30. The molecule has 2 aromatic rings. The summed E-state index contributed by atoms with van der Waals surface area (Å²) in [5.74, 6) is -0.00374. The van der Waals surface area contributed by atoms with Crippen molar-refractivity contribution in [3.63, 3.8) is 0 Å². The minimum absolute atomic E-state index is 0.0184. The summed E-state index contributed by atoms with van der Waals surface area (Å²) in [5.41, 5.74) is -1.27. The third-order valence-corrected chi connectivity index (χ3v) is 4.13. The summed E-state index contributed by atoms with van der Waals surface area (Å²) in [6.07, 6.45) is 3.69. The van der Waals surface area contributed by atoms with Crippen LogP contribution >= 0.6 is 0 Å². The van der Waals surface area contributed by atoms with Gasteiger partial charge in [-0.1, -0.05) is 24.3 Å². The zero-order valence-electron chi connectivity index (χ0n) is 16.1. The number of benzene rings is 1. The summed E-state index contributed by atoms with van der Waals surface area (Å²) in [6, 6.07) is 8.20. The zero-order chi connectivity index (χ0) is 20.9. The highest BCUT2D eigenvalue weighted by molar-refractivity contribution is 7.93. The Morgan fingerprint density at radius 3 is 2.50 bits per heavy atom. The predicted octanol–water partition coefficient (Wildman–Crippen LogP) is 2.17. The van der Waals surface area contributed by atoms with E-state index in [1.165, 1.54) is 26.1 Å². The molecule has 0 saturated carbocycles. The summed E-state index contributed by atoms with van der Waals surface area (Å²) in [6.45, 7) is 4.67. The summed E-state index contributed by atoms with van der Waals surface area (Å²) in [4.78, 5) is 20.9. The van der Waals surface area contributed by atoms with Crippen LogP contribution in [-0.2, 0) is 15.4 Å². The highest BCUT2D eigenvalue weighted by atomic mass is 32.2. The van der Waals surface area contributed by atoms with Gasteiger partial charge in [0.25, 0.3) is 5.91 Å². The Bertz CT molecular complexity index is 967. The zero-order valence-corrected chi connectivity index (χ0v) is 16.9. The van der Waals surface area contributed by atoms with Crippen LogP contribution in [0.2, 0.25) is 0 Å². The maximum absolute atomic E-state index is 12.6. The van der Waals surface area contributed by atoms with Gasteiger partial charge in [0, 0.05) is 23.9 Å². The third kappa shape index (κ3) is 6.43. The van der Waals surface area contributed by atoms with Gasteiger partial charge in [0.15, 0.2) is 15.7 Å². The van der Waals surface area contributed by atoms with E-state index < -0.39 is 27.4 Å². The van der Waals surface area contributed by atoms with Crippen LogP contribution in [0.25, 0.3) is 0 Å². The molecule has 9 heteroatoms. The molecule has 1 atom stereocenters. The molecule has 1 unspecified atom stereocenters. The molecule has 0 aliphatic rings. The first-order valence-corrected chi connectivity index (χ1v) is 10.4. The van der Waals surface area contributed by atoms with Gasteiger partial charge in [0.05, 0.1) is 0 Å². The molecule has 0 fully saturated rings. The normalized spacial score (nSPS) is 13.3. The molecule has 8 nitrogen and oxygen atoms in total. The van der Waals surface area contributed by atoms with E-state index in [1.807, 2.05) is 6.07 Å². The van der Waals surface area contributed by atoms with Gasteiger partial charge in [-0.2, -0.15) is 4.98 Å². The molecule has 1 heterocycles. The van der Waals surface area contributed by atoms with E-state index in [-0.39, 0.29) is 17.3 Å². The Hall–Kier alpha value is -2.78. The number of carbonyl (C=O) groups excluding carboxylic acids is 1. The van der Waals surface area contributed by atoms with Gasteiger partial charge < -0.3 is 15.2 Å². The number of carbonyl (C=O) groups is 1. The van der Waals surface area contributed by atoms with E-state index in [0.29, 0.717) is 5.75 Å². The highest BCUT2D eigenvalue weighted by Gasteiger charge is 2.24. The van der Waals surface area contributed by atoms with Crippen molar-refractivity contribution in [3.8, 4) is 11.6 Å². The Kier molecular flexibility index (Phi) is 6.52. The highest BCUT2D eigenvalue weighted by Crippen LogP contribution is 2.25. The first-order chi connectivity index (χ1) is 13.0. The van der Waals surface area contributed by atoms with Gasteiger partial charge in [0.1, 0.15) is 16.9 Å². The molecule has 28 heavy (non-hydrogen) atoms. The van der Waals surface area contributed by atoms with Crippen LogP contribution in [-0.4, -0.2) is 41.7 Å². The van der Waals surface area contributed by atoms with E-state index in [1.54, 1.807) is 31.2 Å². The number of sulfone groups is 1. The van der Waals surface area contributed by atoms with Crippen LogP contribution in [0, 0.1) is 0 Å². The van der Waals surface area contributed by atoms with Crippen LogP contribution in [0.5, 0.6) is 11.6 Å². The fraction of sp³-hybridized carbons (Fsp3) is 0.316. The first-order valence-electron chi connectivity index (χ1n) is 8.47. The smallest absolute Gasteiger partial charge is 0.258 e. The van der Waals surface area contributed by atoms with Gasteiger partial charge in [-0.05, 0) is 32.9 Å². The third-order valence-electron chi connectivity index (χ3n) is 3.48. The summed E-state index contributed by atoms with van der Waals surface area (Å²) >= 11 is 0. The largest absolute Gasteiger partial charge is 0.438 e. The molecule has 0 radical (unpaired) electrons. The number of para-hydroxylation sites is 1. The molecule has 0 aliphatic heterocycles. The number of ether oxygens (including phenoxy) is 1. The number of nitrogens with one attached hydrogen (secondary N) is 1. The van der Waals surface area contributed by atoms with E-state index in [0.717, 1.165) is 11.7 Å². The Balaban J connectivity index is 2.33. The number of amides is 1. The first kappa shape index (κ1) is 21.5. The summed E-state index contributed by atoms with van der Waals surface area (Å²) < 4.78 is 28.2. The number of hydrogen-bond acceptors (Lipinski definition) is 7. The van der Waals surface area contributed by atoms with Crippen LogP contribution < -0.4 is 10.1 Å². The van der Waals surface area contributed by atoms with Crippen molar-refractivity contribution in [1.29, 1.82) is 0 Å². The van der Waals surface area contributed by atoms with E-state index >= 15 is 0 Å². The predicted molar refractivity (Wildman–Crippen MR) is 105 cm³/mol. The number of aromatic nitrogens is 2. The molecule has 0 aliphatic carbocycles. The lowest BCUT2D eigenvalue weighted by molar-refractivity contribution is 0.0677. The van der Waals surface area contributed by atoms with E-state index in [9.17, 15) is 18.3 Å². The van der Waals surface area contributed by atoms with Crippen LogP contribution in [0.4, 0.5) is 0 Å². The van der Waals surface area contributed by atoms with Crippen molar-refractivity contribution in [3.05, 3.63) is 59.4 Å². The van der Waals surface area contributed by atoms with E-state index in [4.69, 9.17) is 4.74 Å². The summed E-state index contributed by atoms with van der Waals surface area (Å²) in [5, 5.41) is 13.8. The van der Waals surface area contributed by atoms with Gasteiger partial charge in [0.2, 0.25) is 5.88 Å². The second-order valence-corrected chi connectivity index (χ2v) is 8.74. The van der Waals surface area contributed by atoms with Crippen LogP contribution in [0.15, 0.2) is 48.0 Å². The minimum Gasteiger partial charge on any atom is -0.438 e.